The smallest absolute Gasteiger partial charge is 0.374 e. The second-order valence-electron chi connectivity index (χ2n) is 2.34. The molecule has 14 heavy (non-hydrogen) atoms. The fraction of sp³-hybridized carbons (Fsp3) is 0.556. The summed E-state index contributed by atoms with van der Waals surface area (Å²) in [5.41, 5.74) is 0. The third-order valence-corrected chi connectivity index (χ3v) is 1.21. The van der Waals surface area contributed by atoms with Gasteiger partial charge in [-0.2, -0.15) is 0 Å². The monoisotopic (exact) mass is 202 g/mol. The van der Waals surface area contributed by atoms with E-state index < -0.39 is 11.8 Å². The van der Waals surface area contributed by atoms with Crippen LogP contribution in [0.4, 0.5) is 0 Å². The molecule has 0 saturated heterocycles. The highest BCUT2D eigenvalue weighted by Gasteiger charge is 2.07. The Labute approximate surface area is 82.6 Å². The Morgan fingerprint density at radius 1 is 1.21 bits per heavy atom. The average Bonchev–Trinajstić information content (AvgIpc) is 2.16. The number of esters is 1. The number of hydrogen-bond donors (Lipinski definition) is 0. The first kappa shape index (κ1) is 12.6. The Morgan fingerprint density at radius 2 is 1.86 bits per heavy atom. The van der Waals surface area contributed by atoms with Crippen LogP contribution in [0.3, 0.4) is 0 Å². The van der Waals surface area contributed by atoms with Crippen LogP contribution in [0.2, 0.25) is 0 Å². The number of carbonyl (C=O) groups is 2. The quantitative estimate of drug-likeness (QED) is 0.245. The molecule has 0 aliphatic carbocycles. The van der Waals surface area contributed by atoms with E-state index in [1.165, 1.54) is 6.26 Å². The normalized spacial score (nSPS) is 9.21. The number of carbonyl (C=O) groups excluding carboxylic acids is 2. The van der Waals surface area contributed by atoms with E-state index in [0.717, 1.165) is 6.92 Å². The topological polar surface area (TPSA) is 61.8 Å². The van der Waals surface area contributed by atoms with Gasteiger partial charge in [-0.05, 0) is 0 Å². The van der Waals surface area contributed by atoms with Crippen LogP contribution in [0.15, 0.2) is 12.8 Å². The summed E-state index contributed by atoms with van der Waals surface area (Å²) < 4.78 is 14.3. The molecule has 0 spiro atoms. The van der Waals surface area contributed by atoms with Crippen molar-refractivity contribution in [1.82, 2.24) is 0 Å². The number of hydrogen-bond acceptors (Lipinski definition) is 5. The standard InChI is InChI=1S/C9H14O5/c1-3-12-4-5-13-6-7-14-9(11)8(2)10/h3H,1,4-7H2,2H3. The zero-order valence-corrected chi connectivity index (χ0v) is 8.15. The number of ether oxygens (including phenoxy) is 3. The van der Waals surface area contributed by atoms with Crippen molar-refractivity contribution in [3.63, 3.8) is 0 Å². The minimum atomic E-state index is -0.837. The Hall–Kier alpha value is -1.36. The van der Waals surface area contributed by atoms with Crippen LogP contribution in [-0.4, -0.2) is 38.2 Å². The minimum Gasteiger partial charge on any atom is -0.499 e. The lowest BCUT2D eigenvalue weighted by atomic mass is 10.5. The lowest BCUT2D eigenvalue weighted by Crippen LogP contribution is -2.17. The van der Waals surface area contributed by atoms with Crippen LogP contribution in [0, 0.1) is 0 Å². The summed E-state index contributed by atoms with van der Waals surface area (Å²) in [5.74, 6) is -1.45. The van der Waals surface area contributed by atoms with Gasteiger partial charge in [0, 0.05) is 6.92 Å². The molecule has 0 radical (unpaired) electrons. The zero-order chi connectivity index (χ0) is 10.8. The number of rotatable bonds is 8. The van der Waals surface area contributed by atoms with Crippen molar-refractivity contribution in [3.05, 3.63) is 12.8 Å². The van der Waals surface area contributed by atoms with E-state index in [4.69, 9.17) is 9.47 Å². The second-order valence-corrected chi connectivity index (χ2v) is 2.34. The molecule has 0 aliphatic heterocycles. The fourth-order valence-corrected chi connectivity index (χ4v) is 0.587. The molecule has 0 atom stereocenters. The van der Waals surface area contributed by atoms with Crippen LogP contribution >= 0.6 is 0 Å². The maximum absolute atomic E-state index is 10.6. The van der Waals surface area contributed by atoms with E-state index in [9.17, 15) is 9.59 Å². The lowest BCUT2D eigenvalue weighted by molar-refractivity contribution is -0.154. The first-order valence-electron chi connectivity index (χ1n) is 4.16. The summed E-state index contributed by atoms with van der Waals surface area (Å²) in [7, 11) is 0. The van der Waals surface area contributed by atoms with Gasteiger partial charge in [-0.15, -0.1) is 0 Å². The molecule has 0 fully saturated rings. The Morgan fingerprint density at radius 3 is 2.43 bits per heavy atom. The van der Waals surface area contributed by atoms with E-state index in [1.54, 1.807) is 0 Å². The summed E-state index contributed by atoms with van der Waals surface area (Å²) in [6.45, 7) is 5.63. The molecule has 0 rings (SSSR count). The molecule has 0 aromatic carbocycles. The van der Waals surface area contributed by atoms with Crippen molar-refractivity contribution in [2.24, 2.45) is 0 Å². The summed E-state index contributed by atoms with van der Waals surface area (Å²) in [6, 6.07) is 0. The molecule has 0 heterocycles. The molecule has 0 aromatic rings. The zero-order valence-electron chi connectivity index (χ0n) is 8.15. The Balaban J connectivity index is 3.17. The number of ketones is 1. The van der Waals surface area contributed by atoms with E-state index in [0.29, 0.717) is 13.2 Å². The SMILES string of the molecule is C=COCCOCCOC(=O)C(C)=O. The van der Waals surface area contributed by atoms with Gasteiger partial charge in [0.25, 0.3) is 0 Å². The second kappa shape index (κ2) is 8.25. The summed E-state index contributed by atoms with van der Waals surface area (Å²) in [4.78, 5) is 21.0. The minimum absolute atomic E-state index is 0.0759. The highest BCUT2D eigenvalue weighted by molar-refractivity contribution is 6.32. The van der Waals surface area contributed by atoms with E-state index in [-0.39, 0.29) is 13.2 Å². The first-order valence-corrected chi connectivity index (χ1v) is 4.16. The van der Waals surface area contributed by atoms with Gasteiger partial charge in [0.15, 0.2) is 0 Å². The maximum atomic E-state index is 10.6. The summed E-state index contributed by atoms with van der Waals surface area (Å²) in [5, 5.41) is 0. The molecule has 0 N–H and O–H groups in total. The molecule has 5 nitrogen and oxygen atoms in total. The van der Waals surface area contributed by atoms with Gasteiger partial charge < -0.3 is 14.2 Å². The molecule has 80 valence electrons. The highest BCUT2D eigenvalue weighted by atomic mass is 16.6. The molecule has 0 amide bonds. The van der Waals surface area contributed by atoms with Crippen LogP contribution in [0.5, 0.6) is 0 Å². The van der Waals surface area contributed by atoms with Crippen LogP contribution in [0.1, 0.15) is 6.92 Å². The molecule has 0 bridgehead atoms. The largest absolute Gasteiger partial charge is 0.499 e. The van der Waals surface area contributed by atoms with Gasteiger partial charge in [0.1, 0.15) is 13.2 Å². The number of Topliss-reactive ketones (excluding diaryl/α,β-unsaturated/α-hetero) is 1. The van der Waals surface area contributed by atoms with Crippen LogP contribution < -0.4 is 0 Å². The predicted octanol–water partition coefficient (Wildman–Crippen LogP) is 0.295. The third-order valence-electron chi connectivity index (χ3n) is 1.21. The van der Waals surface area contributed by atoms with Crippen molar-refractivity contribution in [2.45, 2.75) is 6.92 Å². The first-order chi connectivity index (χ1) is 6.68. The summed E-state index contributed by atoms with van der Waals surface area (Å²) >= 11 is 0. The Bertz CT molecular complexity index is 199. The van der Waals surface area contributed by atoms with Gasteiger partial charge in [0.2, 0.25) is 5.78 Å². The van der Waals surface area contributed by atoms with Crippen molar-refractivity contribution >= 4 is 11.8 Å². The average molecular weight is 202 g/mol. The molecule has 5 heteroatoms. The van der Waals surface area contributed by atoms with Crippen molar-refractivity contribution in [2.75, 3.05) is 26.4 Å². The van der Waals surface area contributed by atoms with Crippen LogP contribution in [0.25, 0.3) is 0 Å². The van der Waals surface area contributed by atoms with Crippen molar-refractivity contribution in [3.8, 4) is 0 Å². The lowest BCUT2D eigenvalue weighted by Gasteiger charge is -2.04. The molecule has 0 aliphatic rings. The van der Waals surface area contributed by atoms with Gasteiger partial charge in [-0.1, -0.05) is 6.58 Å². The molecule has 0 aromatic heterocycles. The van der Waals surface area contributed by atoms with Gasteiger partial charge in [0.05, 0.1) is 19.5 Å². The predicted molar refractivity (Wildman–Crippen MR) is 48.6 cm³/mol. The molecular formula is C9H14O5. The third kappa shape index (κ3) is 7.30. The fourth-order valence-electron chi connectivity index (χ4n) is 0.587. The van der Waals surface area contributed by atoms with Gasteiger partial charge in [-0.3, -0.25) is 4.79 Å². The van der Waals surface area contributed by atoms with E-state index in [1.807, 2.05) is 0 Å². The van der Waals surface area contributed by atoms with Gasteiger partial charge in [-0.25, -0.2) is 4.79 Å². The molecular weight excluding hydrogens is 188 g/mol. The van der Waals surface area contributed by atoms with E-state index in [2.05, 4.69) is 11.3 Å². The van der Waals surface area contributed by atoms with Crippen molar-refractivity contribution < 1.29 is 23.8 Å². The molecule has 0 saturated carbocycles. The van der Waals surface area contributed by atoms with Crippen LogP contribution in [-0.2, 0) is 23.8 Å². The Kier molecular flexibility index (Phi) is 7.45. The highest BCUT2D eigenvalue weighted by Crippen LogP contribution is 1.83. The van der Waals surface area contributed by atoms with Crippen molar-refractivity contribution in [1.29, 1.82) is 0 Å². The maximum Gasteiger partial charge on any atom is 0.374 e. The summed E-state index contributed by atoms with van der Waals surface area (Å²) in [6.07, 6.45) is 1.32. The van der Waals surface area contributed by atoms with E-state index >= 15 is 0 Å². The molecule has 0 unspecified atom stereocenters. The van der Waals surface area contributed by atoms with Gasteiger partial charge >= 0.3 is 5.97 Å².